The van der Waals surface area contributed by atoms with Crippen molar-refractivity contribution in [3.63, 3.8) is 0 Å². The van der Waals surface area contributed by atoms with E-state index in [2.05, 4.69) is 4.98 Å². The van der Waals surface area contributed by atoms with E-state index in [1.165, 1.54) is 15.5 Å². The van der Waals surface area contributed by atoms with Gasteiger partial charge in [-0.05, 0) is 19.1 Å². The normalized spacial score (nSPS) is 17.8. The zero-order valence-electron chi connectivity index (χ0n) is 13.4. The number of nitrogens with zero attached hydrogens (tertiary/aromatic N) is 5. The molecule has 2 aromatic heterocycles. The van der Waals surface area contributed by atoms with Gasteiger partial charge in [-0.25, -0.2) is 9.78 Å². The molecular weight excluding hydrogens is 310 g/mol. The molecule has 1 aliphatic rings. The summed E-state index contributed by atoms with van der Waals surface area (Å²) in [5, 5.41) is 18.2. The number of pyridine rings is 2. The zero-order valence-corrected chi connectivity index (χ0v) is 13.4. The first-order chi connectivity index (χ1) is 11.4. The van der Waals surface area contributed by atoms with Crippen LogP contribution in [0.4, 0.5) is 10.5 Å². The summed E-state index contributed by atoms with van der Waals surface area (Å²) in [7, 11) is 1.66. The van der Waals surface area contributed by atoms with Gasteiger partial charge in [-0.1, -0.05) is 0 Å². The van der Waals surface area contributed by atoms with E-state index in [1.54, 1.807) is 19.2 Å². The number of aromatic nitrogens is 2. The fourth-order valence-corrected chi connectivity index (χ4v) is 3.08. The summed E-state index contributed by atoms with van der Waals surface area (Å²) >= 11 is 0. The largest absolute Gasteiger partial charge is 0.465 e. The molecule has 1 fully saturated rings. The highest BCUT2D eigenvalue weighted by Crippen LogP contribution is 2.27. The second kappa shape index (κ2) is 5.85. The van der Waals surface area contributed by atoms with E-state index in [-0.39, 0.29) is 17.3 Å². The summed E-state index contributed by atoms with van der Waals surface area (Å²) in [6, 6.07) is 6.71. The molecule has 1 atom stereocenters. The Kier molecular flexibility index (Phi) is 3.85. The molecule has 0 bridgehead atoms. The van der Waals surface area contributed by atoms with Crippen molar-refractivity contribution in [2.45, 2.75) is 13.0 Å². The standard InChI is InChI=1S/C16H17N5O3/c1-10-9-20(16(23)24)5-6-21(10)13-7-14(22)19(2)12-4-3-11(8-17)18-15(12)13/h3-4,7,10H,5-6,9H2,1-2H3,(H,23,24). The second-order valence-corrected chi connectivity index (χ2v) is 5.87. The monoisotopic (exact) mass is 327 g/mol. The highest BCUT2D eigenvalue weighted by molar-refractivity contribution is 5.89. The first kappa shape index (κ1) is 15.8. The number of carbonyl (C=O) groups is 1. The smallest absolute Gasteiger partial charge is 0.407 e. The van der Waals surface area contributed by atoms with Crippen LogP contribution in [0.2, 0.25) is 0 Å². The van der Waals surface area contributed by atoms with Crippen LogP contribution in [0.25, 0.3) is 11.0 Å². The van der Waals surface area contributed by atoms with Crippen molar-refractivity contribution in [3.8, 4) is 6.07 Å². The van der Waals surface area contributed by atoms with E-state index in [4.69, 9.17) is 10.4 Å². The summed E-state index contributed by atoms with van der Waals surface area (Å²) in [4.78, 5) is 31.1. The molecule has 1 amide bonds. The molecule has 0 spiro atoms. The van der Waals surface area contributed by atoms with Gasteiger partial charge in [0.1, 0.15) is 17.3 Å². The van der Waals surface area contributed by atoms with Gasteiger partial charge in [0, 0.05) is 38.8 Å². The SMILES string of the molecule is CC1CN(C(=O)O)CCN1c1cc(=O)n(C)c2ccc(C#N)nc12. The summed E-state index contributed by atoms with van der Waals surface area (Å²) in [5.74, 6) is 0. The van der Waals surface area contributed by atoms with Gasteiger partial charge in [-0.2, -0.15) is 5.26 Å². The Morgan fingerprint density at radius 1 is 1.42 bits per heavy atom. The number of rotatable bonds is 1. The van der Waals surface area contributed by atoms with Crippen molar-refractivity contribution in [1.82, 2.24) is 14.5 Å². The highest BCUT2D eigenvalue weighted by Gasteiger charge is 2.28. The molecule has 8 heteroatoms. The summed E-state index contributed by atoms with van der Waals surface area (Å²) in [6.45, 7) is 3.08. The molecular formula is C16H17N5O3. The number of fused-ring (bicyclic) bond motifs is 1. The van der Waals surface area contributed by atoms with Crippen LogP contribution in [0.1, 0.15) is 12.6 Å². The molecule has 0 saturated carbocycles. The van der Waals surface area contributed by atoms with Crippen LogP contribution in [-0.4, -0.2) is 51.3 Å². The molecule has 124 valence electrons. The third-order valence-corrected chi connectivity index (χ3v) is 4.39. The first-order valence-electron chi connectivity index (χ1n) is 7.57. The van der Waals surface area contributed by atoms with Gasteiger partial charge in [0.25, 0.3) is 5.56 Å². The lowest BCUT2D eigenvalue weighted by Crippen LogP contribution is -2.53. The number of carboxylic acid groups (broad SMARTS) is 1. The molecule has 1 saturated heterocycles. The third kappa shape index (κ3) is 2.54. The predicted octanol–water partition coefficient (Wildman–Crippen LogP) is 0.994. The molecule has 24 heavy (non-hydrogen) atoms. The van der Waals surface area contributed by atoms with E-state index in [9.17, 15) is 9.59 Å². The van der Waals surface area contributed by atoms with Crippen LogP contribution in [0.15, 0.2) is 23.0 Å². The van der Waals surface area contributed by atoms with Crippen molar-refractivity contribution in [1.29, 1.82) is 5.26 Å². The number of hydrogen-bond donors (Lipinski definition) is 1. The van der Waals surface area contributed by atoms with Crippen LogP contribution in [0.5, 0.6) is 0 Å². The van der Waals surface area contributed by atoms with E-state index in [0.29, 0.717) is 36.4 Å². The van der Waals surface area contributed by atoms with Gasteiger partial charge in [-0.15, -0.1) is 0 Å². The van der Waals surface area contributed by atoms with E-state index in [0.717, 1.165) is 0 Å². The average molecular weight is 327 g/mol. The quantitative estimate of drug-likeness (QED) is 0.838. The molecule has 8 nitrogen and oxygen atoms in total. The molecule has 0 aromatic carbocycles. The minimum atomic E-state index is -0.944. The molecule has 1 N–H and O–H groups in total. The predicted molar refractivity (Wildman–Crippen MR) is 88.1 cm³/mol. The Bertz CT molecular complexity index is 914. The van der Waals surface area contributed by atoms with Gasteiger partial charge in [-0.3, -0.25) is 4.79 Å². The molecule has 3 rings (SSSR count). The van der Waals surface area contributed by atoms with Crippen LogP contribution >= 0.6 is 0 Å². The van der Waals surface area contributed by atoms with Gasteiger partial charge < -0.3 is 19.5 Å². The second-order valence-electron chi connectivity index (χ2n) is 5.87. The van der Waals surface area contributed by atoms with Crippen molar-refractivity contribution < 1.29 is 9.90 Å². The lowest BCUT2D eigenvalue weighted by Gasteiger charge is -2.40. The average Bonchev–Trinajstić information content (AvgIpc) is 2.57. The third-order valence-electron chi connectivity index (χ3n) is 4.39. The summed E-state index contributed by atoms with van der Waals surface area (Å²) in [6.07, 6.45) is -0.944. The van der Waals surface area contributed by atoms with Gasteiger partial charge in [0.15, 0.2) is 0 Å². The molecule has 2 aromatic rings. The molecule has 1 aliphatic heterocycles. The number of anilines is 1. The van der Waals surface area contributed by atoms with Crippen LogP contribution < -0.4 is 10.5 Å². The Morgan fingerprint density at radius 2 is 2.17 bits per heavy atom. The number of amides is 1. The highest BCUT2D eigenvalue weighted by atomic mass is 16.4. The Morgan fingerprint density at radius 3 is 2.79 bits per heavy atom. The van der Waals surface area contributed by atoms with E-state index in [1.807, 2.05) is 17.9 Å². The van der Waals surface area contributed by atoms with E-state index < -0.39 is 6.09 Å². The topological polar surface area (TPSA) is 102 Å². The van der Waals surface area contributed by atoms with Crippen molar-refractivity contribution >= 4 is 22.8 Å². The van der Waals surface area contributed by atoms with Crippen molar-refractivity contribution in [2.75, 3.05) is 24.5 Å². The van der Waals surface area contributed by atoms with Crippen LogP contribution in [0.3, 0.4) is 0 Å². The van der Waals surface area contributed by atoms with Gasteiger partial charge >= 0.3 is 6.09 Å². The fraction of sp³-hybridized carbons (Fsp3) is 0.375. The Balaban J connectivity index is 2.12. The molecule has 3 heterocycles. The van der Waals surface area contributed by atoms with Crippen LogP contribution in [-0.2, 0) is 7.05 Å². The fourth-order valence-electron chi connectivity index (χ4n) is 3.08. The zero-order chi connectivity index (χ0) is 17.4. The number of aryl methyl sites for hydroxylation is 1. The van der Waals surface area contributed by atoms with Crippen molar-refractivity contribution in [3.05, 3.63) is 34.2 Å². The van der Waals surface area contributed by atoms with Crippen LogP contribution in [0, 0.1) is 11.3 Å². The van der Waals surface area contributed by atoms with Crippen molar-refractivity contribution in [2.24, 2.45) is 7.05 Å². The van der Waals surface area contributed by atoms with Gasteiger partial charge in [0.2, 0.25) is 0 Å². The Hall–Kier alpha value is -3.08. The minimum absolute atomic E-state index is 0.0994. The lowest BCUT2D eigenvalue weighted by atomic mass is 10.1. The minimum Gasteiger partial charge on any atom is -0.465 e. The number of piperazine rings is 1. The van der Waals surface area contributed by atoms with Gasteiger partial charge in [0.05, 0.1) is 11.2 Å². The maximum atomic E-state index is 12.3. The lowest BCUT2D eigenvalue weighted by molar-refractivity contribution is 0.136. The molecule has 0 radical (unpaired) electrons. The summed E-state index contributed by atoms with van der Waals surface area (Å²) in [5.41, 5.74) is 1.97. The van der Waals surface area contributed by atoms with E-state index >= 15 is 0 Å². The maximum absolute atomic E-state index is 12.3. The molecule has 0 aliphatic carbocycles. The maximum Gasteiger partial charge on any atom is 0.407 e. The summed E-state index contributed by atoms with van der Waals surface area (Å²) < 4.78 is 1.49. The number of hydrogen-bond acceptors (Lipinski definition) is 5. The molecule has 1 unspecified atom stereocenters. The first-order valence-corrected chi connectivity index (χ1v) is 7.57. The number of nitriles is 1. The Labute approximate surface area is 138 Å².